The summed E-state index contributed by atoms with van der Waals surface area (Å²) in [6.07, 6.45) is 5.13. The largest absolute Gasteiger partial charge is 0.469 e. The molecule has 2 atom stereocenters. The third kappa shape index (κ3) is 3.46. The molecule has 1 aromatic rings. The number of nitrogens with zero attached hydrogens (tertiary/aromatic N) is 1. The van der Waals surface area contributed by atoms with Gasteiger partial charge in [-0.3, -0.25) is 9.59 Å². The summed E-state index contributed by atoms with van der Waals surface area (Å²) in [6, 6.07) is 0.0637. The predicted molar refractivity (Wildman–Crippen MR) is 80.1 cm³/mol. The SMILES string of the molecule is Cc1coc(C)c1C(=O)NC1CCCC(C(=O)N(C)C)C1. The lowest BCUT2D eigenvalue weighted by Gasteiger charge is -2.30. The monoisotopic (exact) mass is 292 g/mol. The fourth-order valence-electron chi connectivity index (χ4n) is 3.08. The van der Waals surface area contributed by atoms with Crippen LogP contribution >= 0.6 is 0 Å². The summed E-state index contributed by atoms with van der Waals surface area (Å²) in [5.41, 5.74) is 1.47. The zero-order valence-corrected chi connectivity index (χ0v) is 13.2. The van der Waals surface area contributed by atoms with Crippen LogP contribution in [0, 0.1) is 19.8 Å². The van der Waals surface area contributed by atoms with E-state index in [2.05, 4.69) is 5.32 Å². The molecule has 0 spiro atoms. The lowest BCUT2D eigenvalue weighted by atomic mass is 9.84. The van der Waals surface area contributed by atoms with Crippen molar-refractivity contribution in [3.8, 4) is 0 Å². The maximum Gasteiger partial charge on any atom is 0.255 e. The van der Waals surface area contributed by atoms with Gasteiger partial charge in [0.2, 0.25) is 5.91 Å². The Morgan fingerprint density at radius 2 is 2.00 bits per heavy atom. The van der Waals surface area contributed by atoms with Gasteiger partial charge in [0.05, 0.1) is 11.8 Å². The molecule has 0 radical (unpaired) electrons. The summed E-state index contributed by atoms with van der Waals surface area (Å²) in [7, 11) is 3.56. The standard InChI is InChI=1S/C16H24N2O3/c1-10-9-21-11(2)14(10)15(19)17-13-7-5-6-12(8-13)16(20)18(3)4/h9,12-13H,5-8H2,1-4H3,(H,17,19). The summed E-state index contributed by atoms with van der Waals surface area (Å²) in [5, 5.41) is 3.06. The second-order valence-electron chi connectivity index (χ2n) is 6.12. The highest BCUT2D eigenvalue weighted by atomic mass is 16.3. The van der Waals surface area contributed by atoms with Crippen LogP contribution in [0.2, 0.25) is 0 Å². The van der Waals surface area contributed by atoms with Gasteiger partial charge in [0, 0.05) is 31.6 Å². The predicted octanol–water partition coefficient (Wildman–Crippen LogP) is 2.27. The molecule has 5 nitrogen and oxygen atoms in total. The average molecular weight is 292 g/mol. The maximum atomic E-state index is 12.4. The summed E-state index contributed by atoms with van der Waals surface area (Å²) in [5.74, 6) is 0.721. The molecule has 0 aliphatic heterocycles. The van der Waals surface area contributed by atoms with E-state index >= 15 is 0 Å². The number of rotatable bonds is 3. The van der Waals surface area contributed by atoms with Crippen molar-refractivity contribution in [1.82, 2.24) is 10.2 Å². The first-order valence-corrected chi connectivity index (χ1v) is 7.47. The van der Waals surface area contributed by atoms with Gasteiger partial charge in [0.1, 0.15) is 5.76 Å². The second-order valence-corrected chi connectivity index (χ2v) is 6.12. The fraction of sp³-hybridized carbons (Fsp3) is 0.625. The molecule has 5 heteroatoms. The molecule has 116 valence electrons. The van der Waals surface area contributed by atoms with E-state index < -0.39 is 0 Å². The Morgan fingerprint density at radius 1 is 1.29 bits per heavy atom. The van der Waals surface area contributed by atoms with Gasteiger partial charge in [0.15, 0.2) is 0 Å². The van der Waals surface area contributed by atoms with Crippen LogP contribution in [0.1, 0.15) is 47.4 Å². The van der Waals surface area contributed by atoms with Gasteiger partial charge in [-0.2, -0.15) is 0 Å². The molecule has 1 heterocycles. The van der Waals surface area contributed by atoms with Crippen LogP contribution < -0.4 is 5.32 Å². The van der Waals surface area contributed by atoms with Crippen molar-refractivity contribution in [1.29, 1.82) is 0 Å². The highest BCUT2D eigenvalue weighted by Crippen LogP contribution is 2.26. The molecule has 2 unspecified atom stereocenters. The minimum Gasteiger partial charge on any atom is -0.469 e. The van der Waals surface area contributed by atoms with Crippen molar-refractivity contribution in [3.05, 3.63) is 23.2 Å². The number of aryl methyl sites for hydroxylation is 2. The van der Waals surface area contributed by atoms with Gasteiger partial charge >= 0.3 is 0 Å². The number of amides is 2. The minimum absolute atomic E-state index is 0.0191. The fourth-order valence-corrected chi connectivity index (χ4v) is 3.08. The number of hydrogen-bond donors (Lipinski definition) is 1. The molecule has 0 aromatic carbocycles. The molecule has 1 aromatic heterocycles. The zero-order valence-electron chi connectivity index (χ0n) is 13.2. The molecule has 1 N–H and O–H groups in total. The van der Waals surface area contributed by atoms with Crippen LogP contribution in [0.15, 0.2) is 10.7 Å². The van der Waals surface area contributed by atoms with Gasteiger partial charge in [0.25, 0.3) is 5.91 Å². The highest BCUT2D eigenvalue weighted by molar-refractivity contribution is 5.96. The second kappa shape index (κ2) is 6.33. The Morgan fingerprint density at radius 3 is 2.57 bits per heavy atom. The van der Waals surface area contributed by atoms with Crippen molar-refractivity contribution < 1.29 is 14.0 Å². The summed E-state index contributed by atoms with van der Waals surface area (Å²) < 4.78 is 5.27. The topological polar surface area (TPSA) is 62.6 Å². The smallest absolute Gasteiger partial charge is 0.255 e. The molecule has 1 aliphatic carbocycles. The first kappa shape index (κ1) is 15.6. The number of hydrogen-bond acceptors (Lipinski definition) is 3. The van der Waals surface area contributed by atoms with Crippen LogP contribution in [0.4, 0.5) is 0 Å². The van der Waals surface area contributed by atoms with Crippen molar-refractivity contribution in [2.45, 2.75) is 45.6 Å². The third-order valence-corrected chi connectivity index (χ3v) is 4.19. The molecule has 1 fully saturated rings. The molecule has 0 saturated heterocycles. The van der Waals surface area contributed by atoms with Gasteiger partial charge in [-0.25, -0.2) is 0 Å². The van der Waals surface area contributed by atoms with Crippen molar-refractivity contribution in [2.75, 3.05) is 14.1 Å². The van der Waals surface area contributed by atoms with Gasteiger partial charge in [-0.05, 0) is 33.1 Å². The average Bonchev–Trinajstić information content (AvgIpc) is 2.77. The molecule has 1 saturated carbocycles. The van der Waals surface area contributed by atoms with Crippen molar-refractivity contribution >= 4 is 11.8 Å². The molecule has 2 amide bonds. The van der Waals surface area contributed by atoms with E-state index in [0.29, 0.717) is 11.3 Å². The minimum atomic E-state index is -0.0956. The molecule has 21 heavy (non-hydrogen) atoms. The van der Waals surface area contributed by atoms with E-state index in [9.17, 15) is 9.59 Å². The first-order valence-electron chi connectivity index (χ1n) is 7.47. The number of carbonyl (C=O) groups excluding carboxylic acids is 2. The lowest BCUT2D eigenvalue weighted by Crippen LogP contribution is -2.42. The Labute approximate surface area is 125 Å². The van der Waals surface area contributed by atoms with Crippen LogP contribution in [-0.4, -0.2) is 36.9 Å². The van der Waals surface area contributed by atoms with Crippen molar-refractivity contribution in [2.24, 2.45) is 5.92 Å². The summed E-state index contributed by atoms with van der Waals surface area (Å²) in [4.78, 5) is 26.1. The molecular weight excluding hydrogens is 268 g/mol. The number of furan rings is 1. The van der Waals surface area contributed by atoms with E-state index in [1.54, 1.807) is 32.2 Å². The molecule has 0 bridgehead atoms. The van der Waals surface area contributed by atoms with Crippen LogP contribution in [0.3, 0.4) is 0 Å². The maximum absolute atomic E-state index is 12.4. The van der Waals surface area contributed by atoms with Crippen LogP contribution in [0.5, 0.6) is 0 Å². The number of nitrogens with one attached hydrogen (secondary N) is 1. The molecular formula is C16H24N2O3. The van der Waals surface area contributed by atoms with E-state index in [1.165, 1.54) is 0 Å². The highest BCUT2D eigenvalue weighted by Gasteiger charge is 2.29. The quantitative estimate of drug-likeness (QED) is 0.929. The zero-order chi connectivity index (χ0) is 15.6. The normalized spacial score (nSPS) is 21.9. The van der Waals surface area contributed by atoms with E-state index in [1.807, 2.05) is 6.92 Å². The summed E-state index contributed by atoms with van der Waals surface area (Å²) >= 11 is 0. The van der Waals surface area contributed by atoms with Gasteiger partial charge in [-0.15, -0.1) is 0 Å². The third-order valence-electron chi connectivity index (χ3n) is 4.19. The van der Waals surface area contributed by atoms with E-state index in [-0.39, 0.29) is 23.8 Å². The van der Waals surface area contributed by atoms with Crippen LogP contribution in [-0.2, 0) is 4.79 Å². The summed E-state index contributed by atoms with van der Waals surface area (Å²) in [6.45, 7) is 3.66. The Bertz CT molecular complexity index is 514. The van der Waals surface area contributed by atoms with E-state index in [4.69, 9.17) is 4.42 Å². The lowest BCUT2D eigenvalue weighted by molar-refractivity contribution is -0.134. The van der Waals surface area contributed by atoms with E-state index in [0.717, 1.165) is 31.2 Å². The first-order chi connectivity index (χ1) is 9.90. The molecule has 2 rings (SSSR count). The number of carbonyl (C=O) groups is 2. The Kier molecular flexibility index (Phi) is 4.70. The Hall–Kier alpha value is -1.78. The van der Waals surface area contributed by atoms with Crippen molar-refractivity contribution in [3.63, 3.8) is 0 Å². The van der Waals surface area contributed by atoms with Gasteiger partial charge in [-0.1, -0.05) is 6.42 Å². The van der Waals surface area contributed by atoms with Gasteiger partial charge < -0.3 is 14.6 Å². The molecule has 1 aliphatic rings. The van der Waals surface area contributed by atoms with Crippen LogP contribution in [0.25, 0.3) is 0 Å². The Balaban J connectivity index is 2.00.